The number of aromatic nitrogens is 3. The van der Waals surface area contributed by atoms with Gasteiger partial charge in [0.2, 0.25) is 0 Å². The molecule has 1 heterocycles. The van der Waals surface area contributed by atoms with Crippen molar-refractivity contribution in [3.63, 3.8) is 0 Å². The number of amides is 1. The molecule has 0 radical (unpaired) electrons. The van der Waals surface area contributed by atoms with Gasteiger partial charge in [0.25, 0.3) is 5.91 Å². The molecule has 6 heteroatoms. The van der Waals surface area contributed by atoms with Crippen LogP contribution in [0.4, 0.5) is 0 Å². The summed E-state index contributed by atoms with van der Waals surface area (Å²) < 4.78 is 2.48. The van der Waals surface area contributed by atoms with Crippen molar-refractivity contribution in [2.75, 3.05) is 6.54 Å². The van der Waals surface area contributed by atoms with Crippen LogP contribution in [0.25, 0.3) is 0 Å². The van der Waals surface area contributed by atoms with E-state index in [-0.39, 0.29) is 5.91 Å². The molecule has 0 aliphatic rings. The maximum Gasteiger partial charge on any atom is 0.252 e. The maximum absolute atomic E-state index is 12.0. The highest BCUT2D eigenvalue weighted by atomic mass is 79.9. The molecule has 5 nitrogen and oxygen atoms in total. The molecule has 1 aromatic carbocycles. The van der Waals surface area contributed by atoms with E-state index in [1.807, 2.05) is 26.1 Å². The number of benzene rings is 1. The van der Waals surface area contributed by atoms with Gasteiger partial charge in [-0.1, -0.05) is 12.1 Å². The van der Waals surface area contributed by atoms with E-state index in [9.17, 15) is 4.79 Å². The van der Waals surface area contributed by atoms with Gasteiger partial charge < -0.3 is 5.32 Å². The Balaban J connectivity index is 1.93. The van der Waals surface area contributed by atoms with Crippen molar-refractivity contribution >= 4 is 21.8 Å². The molecular formula is C13H15BrN4O. The van der Waals surface area contributed by atoms with Crippen LogP contribution in [-0.4, -0.2) is 27.2 Å². The molecule has 1 N–H and O–H groups in total. The van der Waals surface area contributed by atoms with Crippen molar-refractivity contribution in [2.24, 2.45) is 7.05 Å². The summed E-state index contributed by atoms with van der Waals surface area (Å²) in [6.45, 7) is 2.47. The Morgan fingerprint density at radius 3 is 2.95 bits per heavy atom. The van der Waals surface area contributed by atoms with Crippen LogP contribution in [0.5, 0.6) is 0 Å². The first-order chi connectivity index (χ1) is 9.08. The summed E-state index contributed by atoms with van der Waals surface area (Å²) in [5.41, 5.74) is 1.69. The van der Waals surface area contributed by atoms with Crippen LogP contribution in [0.15, 0.2) is 29.0 Å². The normalized spacial score (nSPS) is 10.5. The number of rotatable bonds is 4. The number of nitrogens with one attached hydrogen (secondary N) is 1. The van der Waals surface area contributed by atoms with Gasteiger partial charge in [-0.2, -0.15) is 5.10 Å². The largest absolute Gasteiger partial charge is 0.352 e. The second kappa shape index (κ2) is 5.97. The van der Waals surface area contributed by atoms with Gasteiger partial charge in [-0.3, -0.25) is 9.48 Å². The number of hydrogen-bond donors (Lipinski definition) is 1. The van der Waals surface area contributed by atoms with Gasteiger partial charge in [0.1, 0.15) is 6.33 Å². The third-order valence-corrected chi connectivity index (χ3v) is 3.77. The maximum atomic E-state index is 12.0. The van der Waals surface area contributed by atoms with Crippen LogP contribution in [0.1, 0.15) is 21.7 Å². The fourth-order valence-corrected chi connectivity index (χ4v) is 2.15. The Hall–Kier alpha value is -1.69. The van der Waals surface area contributed by atoms with Gasteiger partial charge in [0, 0.05) is 24.5 Å². The highest BCUT2D eigenvalue weighted by Crippen LogP contribution is 2.20. The second-order valence-corrected chi connectivity index (χ2v) is 5.07. The molecule has 0 atom stereocenters. The summed E-state index contributed by atoms with van der Waals surface area (Å²) in [5, 5.41) is 7.02. The van der Waals surface area contributed by atoms with Crippen molar-refractivity contribution < 1.29 is 4.79 Å². The average molecular weight is 323 g/mol. The van der Waals surface area contributed by atoms with Crippen LogP contribution in [-0.2, 0) is 13.5 Å². The van der Waals surface area contributed by atoms with Crippen molar-refractivity contribution in [3.8, 4) is 0 Å². The third-order valence-electron chi connectivity index (χ3n) is 2.72. The molecule has 0 saturated carbocycles. The third kappa shape index (κ3) is 3.41. The minimum atomic E-state index is -0.0912. The number of carbonyl (C=O) groups is 1. The van der Waals surface area contributed by atoms with Crippen molar-refractivity contribution in [2.45, 2.75) is 13.3 Å². The van der Waals surface area contributed by atoms with Crippen LogP contribution >= 0.6 is 15.9 Å². The highest BCUT2D eigenvalue weighted by Gasteiger charge is 2.10. The van der Waals surface area contributed by atoms with E-state index in [4.69, 9.17) is 0 Å². The zero-order chi connectivity index (χ0) is 13.8. The molecule has 1 aromatic heterocycles. The summed E-state index contributed by atoms with van der Waals surface area (Å²) in [6.07, 6.45) is 2.27. The highest BCUT2D eigenvalue weighted by molar-refractivity contribution is 9.10. The Labute approximate surface area is 120 Å². The van der Waals surface area contributed by atoms with Crippen molar-refractivity contribution in [3.05, 3.63) is 46.0 Å². The topological polar surface area (TPSA) is 59.8 Å². The summed E-state index contributed by atoms with van der Waals surface area (Å²) in [4.78, 5) is 16.1. The quantitative estimate of drug-likeness (QED) is 0.934. The fourth-order valence-electron chi connectivity index (χ4n) is 1.70. The van der Waals surface area contributed by atoms with Gasteiger partial charge in [-0.15, -0.1) is 0 Å². The summed E-state index contributed by atoms with van der Waals surface area (Å²) in [6, 6.07) is 5.62. The molecule has 100 valence electrons. The van der Waals surface area contributed by atoms with Gasteiger partial charge in [-0.05, 0) is 34.5 Å². The fraction of sp³-hybridized carbons (Fsp3) is 0.308. The molecule has 1 amide bonds. The Bertz CT molecular complexity index is 594. The number of carbonyl (C=O) groups excluding carboxylic acids is 1. The lowest BCUT2D eigenvalue weighted by atomic mass is 10.1. The predicted molar refractivity (Wildman–Crippen MR) is 75.9 cm³/mol. The van der Waals surface area contributed by atoms with Crippen molar-refractivity contribution in [1.82, 2.24) is 20.1 Å². The van der Waals surface area contributed by atoms with E-state index in [0.29, 0.717) is 18.5 Å². The first-order valence-corrected chi connectivity index (χ1v) is 6.75. The zero-order valence-corrected chi connectivity index (χ0v) is 12.4. The van der Waals surface area contributed by atoms with Crippen LogP contribution in [0.2, 0.25) is 0 Å². The lowest BCUT2D eigenvalue weighted by Crippen LogP contribution is -2.26. The summed E-state index contributed by atoms with van der Waals surface area (Å²) >= 11 is 3.43. The van der Waals surface area contributed by atoms with E-state index >= 15 is 0 Å². The molecular weight excluding hydrogens is 308 g/mol. The molecule has 0 bridgehead atoms. The van der Waals surface area contributed by atoms with Crippen LogP contribution in [0, 0.1) is 6.92 Å². The Morgan fingerprint density at radius 1 is 1.47 bits per heavy atom. The average Bonchev–Trinajstić information content (AvgIpc) is 2.78. The molecule has 0 unspecified atom stereocenters. The number of aryl methyl sites for hydroxylation is 2. The number of nitrogens with zero attached hydrogens (tertiary/aromatic N) is 3. The first-order valence-electron chi connectivity index (χ1n) is 5.96. The standard InChI is InChI=1S/C13H15BrN4O/c1-9-4-3-5-10(12(9)14)13(19)15-7-6-11-16-8-18(2)17-11/h3-5,8H,6-7H2,1-2H3,(H,15,19). The molecule has 19 heavy (non-hydrogen) atoms. The molecule has 2 aromatic rings. The molecule has 0 aliphatic heterocycles. The molecule has 0 saturated heterocycles. The van der Waals surface area contributed by atoms with E-state index in [0.717, 1.165) is 15.9 Å². The lowest BCUT2D eigenvalue weighted by molar-refractivity contribution is 0.0953. The van der Waals surface area contributed by atoms with Crippen LogP contribution < -0.4 is 5.32 Å². The predicted octanol–water partition coefficient (Wildman–Crippen LogP) is 1.86. The minimum Gasteiger partial charge on any atom is -0.352 e. The van der Waals surface area contributed by atoms with E-state index < -0.39 is 0 Å². The molecule has 0 aliphatic carbocycles. The molecule has 0 spiro atoms. The monoisotopic (exact) mass is 322 g/mol. The van der Waals surface area contributed by atoms with E-state index in [2.05, 4.69) is 31.3 Å². The second-order valence-electron chi connectivity index (χ2n) is 4.28. The Kier molecular flexibility index (Phi) is 4.31. The van der Waals surface area contributed by atoms with Crippen LogP contribution in [0.3, 0.4) is 0 Å². The molecule has 0 fully saturated rings. The smallest absolute Gasteiger partial charge is 0.252 e. The lowest BCUT2D eigenvalue weighted by Gasteiger charge is -2.07. The number of hydrogen-bond acceptors (Lipinski definition) is 3. The first kappa shape index (κ1) is 13.7. The molecule has 2 rings (SSSR count). The summed E-state index contributed by atoms with van der Waals surface area (Å²) in [7, 11) is 1.82. The van der Waals surface area contributed by atoms with E-state index in [1.54, 1.807) is 17.1 Å². The van der Waals surface area contributed by atoms with Gasteiger partial charge in [0.05, 0.1) is 5.56 Å². The van der Waals surface area contributed by atoms with Crippen molar-refractivity contribution in [1.29, 1.82) is 0 Å². The number of halogens is 1. The zero-order valence-electron chi connectivity index (χ0n) is 10.9. The van der Waals surface area contributed by atoms with Gasteiger partial charge in [0.15, 0.2) is 5.82 Å². The summed E-state index contributed by atoms with van der Waals surface area (Å²) in [5.74, 6) is 0.637. The Morgan fingerprint density at radius 2 is 2.26 bits per heavy atom. The SMILES string of the molecule is Cc1cccc(C(=O)NCCc2ncn(C)n2)c1Br. The minimum absolute atomic E-state index is 0.0912. The van der Waals surface area contributed by atoms with E-state index in [1.165, 1.54) is 0 Å². The van der Waals surface area contributed by atoms with Gasteiger partial charge >= 0.3 is 0 Å². The van der Waals surface area contributed by atoms with Gasteiger partial charge in [-0.25, -0.2) is 4.98 Å².